The van der Waals surface area contributed by atoms with Gasteiger partial charge in [0.1, 0.15) is 5.82 Å². The van der Waals surface area contributed by atoms with Crippen LogP contribution in [0.2, 0.25) is 0 Å². The van der Waals surface area contributed by atoms with Gasteiger partial charge in [0, 0.05) is 17.4 Å². The molecule has 0 unspecified atom stereocenters. The van der Waals surface area contributed by atoms with E-state index in [2.05, 4.69) is 15.7 Å². The molecule has 3 aromatic rings. The van der Waals surface area contributed by atoms with E-state index in [0.717, 1.165) is 15.1 Å². The second kappa shape index (κ2) is 8.06. The zero-order valence-corrected chi connectivity index (χ0v) is 16.8. The fraction of sp³-hybridized carbons (Fsp3) is 0.238. The summed E-state index contributed by atoms with van der Waals surface area (Å²) in [5.74, 6) is -0.391. The lowest BCUT2D eigenvalue weighted by Crippen LogP contribution is -2.35. The summed E-state index contributed by atoms with van der Waals surface area (Å²) in [4.78, 5) is 13.6. The third-order valence-corrected chi connectivity index (χ3v) is 5.78. The van der Waals surface area contributed by atoms with Crippen molar-refractivity contribution in [3.63, 3.8) is 0 Å². The summed E-state index contributed by atoms with van der Waals surface area (Å²) < 4.78 is 42.2. The maximum Gasteiger partial charge on any atom is 0.410 e. The Kier molecular flexibility index (Phi) is 5.46. The molecule has 0 aliphatic carbocycles. The fourth-order valence-corrected chi connectivity index (χ4v) is 4.08. The lowest BCUT2D eigenvalue weighted by atomic mass is 9.97. The van der Waals surface area contributed by atoms with Crippen molar-refractivity contribution in [3.8, 4) is 0 Å². The van der Waals surface area contributed by atoms with Crippen LogP contribution >= 0.6 is 11.8 Å². The standard InChI is InChI=1S/C21H19F3N4OS/c1-30-17-10-6-5-9-14(17)26-20(29)16-12-19-25-15(13-7-3-2-4-8-13)11-18(21(22,23)24)28(19)27-16/h2-10,12,15,18,25H,11H2,1H3,(H,26,29)/t15-,18+/m0/s1. The van der Waals surface area contributed by atoms with Crippen LogP contribution in [0, 0.1) is 0 Å². The van der Waals surface area contributed by atoms with E-state index in [1.54, 1.807) is 36.4 Å². The minimum absolute atomic E-state index is 0.0728. The summed E-state index contributed by atoms with van der Waals surface area (Å²) in [6.07, 6.45) is -2.82. The number of carbonyl (C=O) groups excluding carboxylic acids is 1. The number of rotatable bonds is 4. The first-order valence-electron chi connectivity index (χ1n) is 9.29. The molecule has 0 bridgehead atoms. The normalized spacial score (nSPS) is 18.4. The van der Waals surface area contributed by atoms with Gasteiger partial charge in [-0.25, -0.2) is 4.68 Å². The Balaban J connectivity index is 1.65. The third kappa shape index (κ3) is 4.02. The van der Waals surface area contributed by atoms with E-state index in [1.165, 1.54) is 17.8 Å². The molecule has 2 atom stereocenters. The molecule has 1 amide bonds. The molecule has 5 nitrogen and oxygen atoms in total. The summed E-state index contributed by atoms with van der Waals surface area (Å²) in [6, 6.07) is 15.2. The molecule has 1 aromatic heterocycles. The number of alkyl halides is 3. The first-order valence-corrected chi connectivity index (χ1v) is 10.5. The van der Waals surface area contributed by atoms with Gasteiger partial charge in [0.05, 0.1) is 11.7 Å². The molecule has 1 aliphatic heterocycles. The Morgan fingerprint density at radius 3 is 2.57 bits per heavy atom. The third-order valence-electron chi connectivity index (χ3n) is 4.98. The van der Waals surface area contributed by atoms with Crippen molar-refractivity contribution in [1.29, 1.82) is 0 Å². The second-order valence-corrected chi connectivity index (χ2v) is 7.76. The Morgan fingerprint density at radius 1 is 1.17 bits per heavy atom. The van der Waals surface area contributed by atoms with Crippen LogP contribution in [0.3, 0.4) is 0 Å². The number of hydrogen-bond acceptors (Lipinski definition) is 4. The Bertz CT molecular complexity index is 1050. The number of thioether (sulfide) groups is 1. The van der Waals surface area contributed by atoms with Crippen molar-refractivity contribution in [1.82, 2.24) is 9.78 Å². The topological polar surface area (TPSA) is 59.0 Å². The summed E-state index contributed by atoms with van der Waals surface area (Å²) in [6.45, 7) is 0. The Hall–Kier alpha value is -2.94. The van der Waals surface area contributed by atoms with Crippen LogP contribution in [0.25, 0.3) is 0 Å². The molecule has 2 heterocycles. The largest absolute Gasteiger partial charge is 0.410 e. The fourth-order valence-electron chi connectivity index (χ4n) is 3.52. The number of benzene rings is 2. The average Bonchev–Trinajstić information content (AvgIpc) is 3.17. The maximum absolute atomic E-state index is 13.8. The van der Waals surface area contributed by atoms with E-state index in [-0.39, 0.29) is 17.9 Å². The molecule has 0 saturated carbocycles. The van der Waals surface area contributed by atoms with E-state index in [9.17, 15) is 18.0 Å². The zero-order chi connectivity index (χ0) is 21.3. The van der Waals surface area contributed by atoms with Crippen LogP contribution in [0.4, 0.5) is 24.7 Å². The highest BCUT2D eigenvalue weighted by Gasteiger charge is 2.46. The number of nitrogens with zero attached hydrogens (tertiary/aromatic N) is 2. The lowest BCUT2D eigenvalue weighted by Gasteiger charge is -2.33. The highest BCUT2D eigenvalue weighted by Crippen LogP contribution is 2.43. The van der Waals surface area contributed by atoms with Crippen molar-refractivity contribution in [2.75, 3.05) is 16.9 Å². The van der Waals surface area contributed by atoms with Crippen LogP contribution in [0.15, 0.2) is 65.6 Å². The van der Waals surface area contributed by atoms with Gasteiger partial charge in [0.25, 0.3) is 5.91 Å². The van der Waals surface area contributed by atoms with Crippen LogP contribution in [0.5, 0.6) is 0 Å². The van der Waals surface area contributed by atoms with E-state index >= 15 is 0 Å². The molecule has 1 aliphatic rings. The monoisotopic (exact) mass is 432 g/mol. The van der Waals surface area contributed by atoms with Gasteiger partial charge in [0.2, 0.25) is 0 Å². The predicted molar refractivity (Wildman–Crippen MR) is 111 cm³/mol. The van der Waals surface area contributed by atoms with E-state index in [1.807, 2.05) is 24.5 Å². The van der Waals surface area contributed by atoms with Crippen LogP contribution in [0.1, 0.15) is 34.6 Å². The minimum atomic E-state index is -4.49. The summed E-state index contributed by atoms with van der Waals surface area (Å²) in [5.41, 5.74) is 1.26. The molecule has 0 saturated heterocycles. The number of nitrogens with one attached hydrogen (secondary N) is 2. The van der Waals surface area contributed by atoms with Gasteiger partial charge < -0.3 is 10.6 Å². The quantitative estimate of drug-likeness (QED) is 0.533. The van der Waals surface area contributed by atoms with Gasteiger partial charge >= 0.3 is 6.18 Å². The number of anilines is 2. The number of amides is 1. The highest BCUT2D eigenvalue weighted by molar-refractivity contribution is 7.98. The minimum Gasteiger partial charge on any atom is -0.363 e. The number of para-hydroxylation sites is 1. The van der Waals surface area contributed by atoms with E-state index in [4.69, 9.17) is 0 Å². The van der Waals surface area contributed by atoms with Crippen molar-refractivity contribution >= 4 is 29.2 Å². The van der Waals surface area contributed by atoms with Gasteiger partial charge in [-0.3, -0.25) is 4.79 Å². The molecule has 2 N–H and O–H groups in total. The molecule has 0 spiro atoms. The van der Waals surface area contributed by atoms with Crippen molar-refractivity contribution in [2.24, 2.45) is 0 Å². The van der Waals surface area contributed by atoms with Gasteiger partial charge in [-0.1, -0.05) is 42.5 Å². The molecule has 30 heavy (non-hydrogen) atoms. The zero-order valence-electron chi connectivity index (χ0n) is 16.0. The highest BCUT2D eigenvalue weighted by atomic mass is 32.2. The van der Waals surface area contributed by atoms with E-state index in [0.29, 0.717) is 5.69 Å². The first kappa shape index (κ1) is 20.3. The Morgan fingerprint density at radius 2 is 1.87 bits per heavy atom. The number of aromatic nitrogens is 2. The summed E-state index contributed by atoms with van der Waals surface area (Å²) in [7, 11) is 0. The molecule has 156 valence electrons. The lowest BCUT2D eigenvalue weighted by molar-refractivity contribution is -0.173. The van der Waals surface area contributed by atoms with E-state index < -0.39 is 24.2 Å². The molecule has 0 radical (unpaired) electrons. The van der Waals surface area contributed by atoms with Crippen LogP contribution < -0.4 is 10.6 Å². The van der Waals surface area contributed by atoms with Gasteiger partial charge in [-0.05, 0) is 24.0 Å². The van der Waals surface area contributed by atoms with Crippen LogP contribution in [-0.4, -0.2) is 28.1 Å². The SMILES string of the molecule is CSc1ccccc1NC(=O)c1cc2n(n1)[C@@H](C(F)(F)F)C[C@@H](c1ccccc1)N2. The number of halogens is 3. The number of fused-ring (bicyclic) bond motifs is 1. The predicted octanol–water partition coefficient (Wildman–Crippen LogP) is 5.52. The molecular formula is C21H19F3N4OS. The first-order chi connectivity index (χ1) is 14.4. The van der Waals surface area contributed by atoms with Gasteiger partial charge in [-0.15, -0.1) is 11.8 Å². The van der Waals surface area contributed by atoms with Crippen LogP contribution in [-0.2, 0) is 0 Å². The molecule has 9 heteroatoms. The average molecular weight is 432 g/mol. The summed E-state index contributed by atoms with van der Waals surface area (Å²) in [5, 5.41) is 9.83. The maximum atomic E-state index is 13.8. The molecular weight excluding hydrogens is 413 g/mol. The molecule has 2 aromatic carbocycles. The van der Waals surface area contributed by atoms with Gasteiger partial charge in [0.15, 0.2) is 11.7 Å². The molecule has 4 rings (SSSR count). The summed E-state index contributed by atoms with van der Waals surface area (Å²) >= 11 is 1.46. The van der Waals surface area contributed by atoms with Crippen molar-refractivity contribution in [2.45, 2.75) is 29.6 Å². The Labute approximate surface area is 175 Å². The smallest absolute Gasteiger partial charge is 0.363 e. The van der Waals surface area contributed by atoms with Crippen molar-refractivity contribution in [3.05, 3.63) is 71.9 Å². The second-order valence-electron chi connectivity index (χ2n) is 6.91. The van der Waals surface area contributed by atoms with Gasteiger partial charge in [-0.2, -0.15) is 18.3 Å². The molecule has 0 fully saturated rings. The number of carbonyl (C=O) groups is 1. The number of hydrogen-bond donors (Lipinski definition) is 2. The van der Waals surface area contributed by atoms with Crippen molar-refractivity contribution < 1.29 is 18.0 Å².